The van der Waals surface area contributed by atoms with Crippen molar-refractivity contribution >= 4 is 33.2 Å². The molecule has 1 N–H and O–H groups in total. The lowest BCUT2D eigenvalue weighted by molar-refractivity contribution is -0.116. The van der Waals surface area contributed by atoms with E-state index in [9.17, 15) is 13.2 Å². The fourth-order valence-corrected chi connectivity index (χ4v) is 3.56. The molecule has 7 nitrogen and oxygen atoms in total. The summed E-state index contributed by atoms with van der Waals surface area (Å²) >= 11 is 5.76. The molecule has 0 aliphatic rings. The first-order chi connectivity index (χ1) is 10.7. The van der Waals surface area contributed by atoms with Crippen molar-refractivity contribution in [1.29, 1.82) is 0 Å². The number of hydrogen-bond donors (Lipinski definition) is 1. The fraction of sp³-hybridized carbons (Fsp3) is 0.286. The molecule has 2 rings (SSSR count). The Labute approximate surface area is 139 Å². The van der Waals surface area contributed by atoms with Crippen LogP contribution in [0.1, 0.15) is 11.5 Å². The molecule has 1 amide bonds. The number of hydrogen-bond acceptors (Lipinski definition) is 5. The van der Waals surface area contributed by atoms with E-state index in [1.54, 1.807) is 24.3 Å². The highest BCUT2D eigenvalue weighted by Crippen LogP contribution is 2.22. The minimum atomic E-state index is -3.86. The zero-order valence-corrected chi connectivity index (χ0v) is 14.4. The number of halogens is 1. The van der Waals surface area contributed by atoms with E-state index in [1.165, 1.54) is 20.9 Å². The summed E-state index contributed by atoms with van der Waals surface area (Å²) in [5, 5.41) is 6.77. The number of nitrogens with one attached hydrogen (secondary N) is 1. The van der Waals surface area contributed by atoms with Gasteiger partial charge in [0.2, 0.25) is 15.9 Å². The standard InChI is InChI=1S/C14H16ClN3O4S/c1-9-14(10(2)22-17-9)23(20,21)18(3)8-13(19)16-12-6-4-11(15)5-7-12/h4-7H,8H2,1-3H3,(H,16,19). The van der Waals surface area contributed by atoms with Crippen LogP contribution >= 0.6 is 11.6 Å². The van der Waals surface area contributed by atoms with Gasteiger partial charge in [0.25, 0.3) is 0 Å². The second kappa shape index (κ2) is 6.69. The van der Waals surface area contributed by atoms with Crippen molar-refractivity contribution in [2.24, 2.45) is 0 Å². The van der Waals surface area contributed by atoms with Crippen LogP contribution in [-0.4, -0.2) is 37.4 Å². The highest BCUT2D eigenvalue weighted by Gasteiger charge is 2.29. The van der Waals surface area contributed by atoms with Gasteiger partial charge in [-0.15, -0.1) is 0 Å². The van der Waals surface area contributed by atoms with Crippen LogP contribution in [-0.2, 0) is 14.8 Å². The number of sulfonamides is 1. The summed E-state index contributed by atoms with van der Waals surface area (Å²) in [6, 6.07) is 6.51. The SMILES string of the molecule is Cc1noc(C)c1S(=O)(=O)N(C)CC(=O)Nc1ccc(Cl)cc1. The van der Waals surface area contributed by atoms with Crippen molar-refractivity contribution in [3.05, 3.63) is 40.7 Å². The van der Waals surface area contributed by atoms with Crippen molar-refractivity contribution < 1.29 is 17.7 Å². The molecule has 1 aromatic heterocycles. The number of amides is 1. The molecular formula is C14H16ClN3O4S. The second-order valence-corrected chi connectivity index (χ2v) is 7.39. The first-order valence-electron chi connectivity index (χ1n) is 6.66. The van der Waals surface area contributed by atoms with Crippen LogP contribution in [0, 0.1) is 13.8 Å². The highest BCUT2D eigenvalue weighted by molar-refractivity contribution is 7.89. The topological polar surface area (TPSA) is 92.5 Å². The highest BCUT2D eigenvalue weighted by atomic mass is 35.5. The summed E-state index contributed by atoms with van der Waals surface area (Å²) < 4.78 is 30.8. The predicted octanol–water partition coefficient (Wildman–Crippen LogP) is 2.20. The monoisotopic (exact) mass is 357 g/mol. The van der Waals surface area contributed by atoms with Crippen LogP contribution in [0.2, 0.25) is 5.02 Å². The Morgan fingerprint density at radius 3 is 2.43 bits per heavy atom. The third-order valence-electron chi connectivity index (χ3n) is 3.13. The average Bonchev–Trinajstić information content (AvgIpc) is 2.81. The molecule has 23 heavy (non-hydrogen) atoms. The molecule has 0 saturated carbocycles. The van der Waals surface area contributed by atoms with Gasteiger partial charge in [-0.05, 0) is 38.1 Å². The third-order valence-corrected chi connectivity index (χ3v) is 5.43. The van der Waals surface area contributed by atoms with Crippen molar-refractivity contribution in [2.45, 2.75) is 18.7 Å². The van der Waals surface area contributed by atoms with Crippen LogP contribution < -0.4 is 5.32 Å². The zero-order valence-electron chi connectivity index (χ0n) is 12.8. The van der Waals surface area contributed by atoms with Gasteiger partial charge in [0.05, 0.1) is 6.54 Å². The second-order valence-electron chi connectivity index (χ2n) is 4.97. The number of nitrogens with zero attached hydrogens (tertiary/aromatic N) is 2. The van der Waals surface area contributed by atoms with Crippen LogP contribution in [0.5, 0.6) is 0 Å². The van der Waals surface area contributed by atoms with Crippen LogP contribution in [0.25, 0.3) is 0 Å². The number of benzene rings is 1. The molecule has 1 aromatic carbocycles. The average molecular weight is 358 g/mol. The Morgan fingerprint density at radius 2 is 1.91 bits per heavy atom. The van der Waals surface area contributed by atoms with Crippen molar-refractivity contribution in [2.75, 3.05) is 18.9 Å². The first-order valence-corrected chi connectivity index (χ1v) is 8.48. The molecule has 0 atom stereocenters. The lowest BCUT2D eigenvalue weighted by atomic mass is 10.3. The molecule has 0 aliphatic heterocycles. The minimum absolute atomic E-state index is 0.0145. The van der Waals surface area contributed by atoms with E-state index in [0.29, 0.717) is 10.7 Å². The molecule has 1 heterocycles. The minimum Gasteiger partial charge on any atom is -0.360 e. The van der Waals surface area contributed by atoms with Gasteiger partial charge in [-0.25, -0.2) is 8.42 Å². The summed E-state index contributed by atoms with van der Waals surface area (Å²) in [6.07, 6.45) is 0. The number of carbonyl (C=O) groups excluding carboxylic acids is 1. The van der Waals surface area contributed by atoms with Gasteiger partial charge in [0.1, 0.15) is 10.6 Å². The molecular weight excluding hydrogens is 342 g/mol. The van der Waals surface area contributed by atoms with Gasteiger partial charge in [0.15, 0.2) is 5.76 Å². The molecule has 0 fully saturated rings. The molecule has 0 spiro atoms. The van der Waals surface area contributed by atoms with Gasteiger partial charge in [-0.3, -0.25) is 4.79 Å². The largest absolute Gasteiger partial charge is 0.360 e. The Balaban J connectivity index is 2.10. The van der Waals surface area contributed by atoms with E-state index >= 15 is 0 Å². The molecule has 0 saturated heterocycles. The van der Waals surface area contributed by atoms with Crippen molar-refractivity contribution in [3.8, 4) is 0 Å². The molecule has 124 valence electrons. The summed E-state index contributed by atoms with van der Waals surface area (Å²) in [5.74, 6) is -0.280. The van der Waals surface area contributed by atoms with E-state index < -0.39 is 15.9 Å². The number of likely N-dealkylation sites (N-methyl/N-ethyl adjacent to an activating group) is 1. The van der Waals surface area contributed by atoms with Gasteiger partial charge in [-0.1, -0.05) is 16.8 Å². The number of aromatic nitrogens is 1. The smallest absolute Gasteiger partial charge is 0.248 e. The maximum Gasteiger partial charge on any atom is 0.248 e. The van der Waals surface area contributed by atoms with Crippen molar-refractivity contribution in [3.63, 3.8) is 0 Å². The number of aryl methyl sites for hydroxylation is 2. The Bertz CT molecular complexity index is 796. The molecule has 0 bridgehead atoms. The summed E-state index contributed by atoms with van der Waals surface area (Å²) in [7, 11) is -2.53. The Morgan fingerprint density at radius 1 is 1.30 bits per heavy atom. The summed E-state index contributed by atoms with van der Waals surface area (Å²) in [6.45, 7) is 2.70. The van der Waals surface area contributed by atoms with E-state index in [1.807, 2.05) is 0 Å². The van der Waals surface area contributed by atoms with Crippen LogP contribution in [0.4, 0.5) is 5.69 Å². The van der Waals surface area contributed by atoms with E-state index in [0.717, 1.165) is 4.31 Å². The van der Waals surface area contributed by atoms with Gasteiger partial charge >= 0.3 is 0 Å². The van der Waals surface area contributed by atoms with E-state index in [-0.39, 0.29) is 22.9 Å². The van der Waals surface area contributed by atoms with Gasteiger partial charge in [-0.2, -0.15) is 4.31 Å². The molecule has 0 aliphatic carbocycles. The Hall–Kier alpha value is -1.90. The third kappa shape index (κ3) is 3.90. The maximum absolute atomic E-state index is 12.5. The number of rotatable bonds is 5. The number of carbonyl (C=O) groups is 1. The van der Waals surface area contributed by atoms with E-state index in [4.69, 9.17) is 16.1 Å². The quantitative estimate of drug-likeness (QED) is 0.885. The summed E-state index contributed by atoms with van der Waals surface area (Å²) in [4.78, 5) is 12.0. The van der Waals surface area contributed by atoms with E-state index in [2.05, 4.69) is 10.5 Å². The van der Waals surface area contributed by atoms with Crippen molar-refractivity contribution in [1.82, 2.24) is 9.46 Å². The molecule has 2 aromatic rings. The fourth-order valence-electron chi connectivity index (χ4n) is 2.02. The molecule has 0 unspecified atom stereocenters. The van der Waals surface area contributed by atoms with Gasteiger partial charge in [0, 0.05) is 17.8 Å². The Kier molecular flexibility index (Phi) is 5.08. The molecule has 9 heteroatoms. The lowest BCUT2D eigenvalue weighted by Gasteiger charge is -2.16. The summed E-state index contributed by atoms with van der Waals surface area (Å²) in [5.41, 5.74) is 0.787. The van der Waals surface area contributed by atoms with Crippen LogP contribution in [0.3, 0.4) is 0 Å². The lowest BCUT2D eigenvalue weighted by Crippen LogP contribution is -2.35. The zero-order chi connectivity index (χ0) is 17.2. The molecule has 0 radical (unpaired) electrons. The predicted molar refractivity (Wildman–Crippen MR) is 85.9 cm³/mol. The normalized spacial score (nSPS) is 11.7. The van der Waals surface area contributed by atoms with Gasteiger partial charge < -0.3 is 9.84 Å². The number of anilines is 1. The maximum atomic E-state index is 12.5. The van der Waals surface area contributed by atoms with Crippen LogP contribution in [0.15, 0.2) is 33.7 Å². The first kappa shape index (κ1) is 17.5.